The molecule has 0 saturated heterocycles. The van der Waals surface area contributed by atoms with Crippen molar-refractivity contribution in [1.29, 1.82) is 0 Å². The van der Waals surface area contributed by atoms with Crippen molar-refractivity contribution in [2.24, 2.45) is 0 Å². The van der Waals surface area contributed by atoms with Crippen molar-refractivity contribution in [3.63, 3.8) is 0 Å². The van der Waals surface area contributed by atoms with Crippen LogP contribution in [0, 0.1) is 20.8 Å². The molecule has 0 aliphatic carbocycles. The molecule has 1 aromatic heterocycles. The van der Waals surface area contributed by atoms with E-state index in [1.54, 1.807) is 6.20 Å². The van der Waals surface area contributed by atoms with Gasteiger partial charge >= 0.3 is 0 Å². The van der Waals surface area contributed by atoms with E-state index in [1.807, 2.05) is 13.0 Å². The quantitative estimate of drug-likeness (QED) is 0.827. The molecular formula is C14H17N3. The van der Waals surface area contributed by atoms with E-state index in [1.165, 1.54) is 11.1 Å². The van der Waals surface area contributed by atoms with Crippen LogP contribution in [0.15, 0.2) is 30.5 Å². The highest BCUT2D eigenvalue weighted by Gasteiger charge is 2.02. The lowest BCUT2D eigenvalue weighted by atomic mass is 10.1. The lowest BCUT2D eigenvalue weighted by molar-refractivity contribution is 1.26. The van der Waals surface area contributed by atoms with Gasteiger partial charge in [-0.25, -0.2) is 4.98 Å². The van der Waals surface area contributed by atoms with Crippen LogP contribution in [0.1, 0.15) is 16.7 Å². The molecule has 2 aromatic rings. The Bertz CT molecular complexity index is 527. The third kappa shape index (κ3) is 2.75. The maximum atomic E-state index is 5.92. The average Bonchev–Trinajstić information content (AvgIpc) is 2.21. The smallest absolute Gasteiger partial charge is 0.153 e. The zero-order chi connectivity index (χ0) is 12.4. The number of nitrogen functional groups attached to an aromatic ring is 1. The second-order valence-electron chi connectivity index (χ2n) is 4.45. The predicted molar refractivity (Wildman–Crippen MR) is 72.6 cm³/mol. The van der Waals surface area contributed by atoms with Crippen LogP contribution in [0.25, 0.3) is 0 Å². The Morgan fingerprint density at radius 1 is 0.941 bits per heavy atom. The SMILES string of the molecule is Cc1cc(C)cc(Nc2ncc(C)cc2N)c1. The first-order valence-corrected chi connectivity index (χ1v) is 5.62. The summed E-state index contributed by atoms with van der Waals surface area (Å²) in [7, 11) is 0. The van der Waals surface area contributed by atoms with E-state index in [0.29, 0.717) is 11.5 Å². The molecule has 1 heterocycles. The molecule has 0 bridgehead atoms. The molecule has 3 N–H and O–H groups in total. The fraction of sp³-hybridized carbons (Fsp3) is 0.214. The number of rotatable bonds is 2. The van der Waals surface area contributed by atoms with Gasteiger partial charge in [0.15, 0.2) is 5.82 Å². The van der Waals surface area contributed by atoms with Crippen molar-refractivity contribution in [3.05, 3.63) is 47.2 Å². The Morgan fingerprint density at radius 3 is 2.18 bits per heavy atom. The summed E-state index contributed by atoms with van der Waals surface area (Å²) in [4.78, 5) is 4.30. The molecule has 3 heteroatoms. The highest BCUT2D eigenvalue weighted by molar-refractivity contribution is 5.69. The number of anilines is 3. The van der Waals surface area contributed by atoms with Gasteiger partial charge in [0.1, 0.15) is 0 Å². The van der Waals surface area contributed by atoms with Crippen LogP contribution in [0.4, 0.5) is 17.2 Å². The monoisotopic (exact) mass is 227 g/mol. The Morgan fingerprint density at radius 2 is 1.59 bits per heavy atom. The fourth-order valence-corrected chi connectivity index (χ4v) is 1.88. The number of aryl methyl sites for hydroxylation is 3. The highest BCUT2D eigenvalue weighted by Crippen LogP contribution is 2.22. The number of benzene rings is 1. The molecule has 3 nitrogen and oxygen atoms in total. The number of hydrogen-bond donors (Lipinski definition) is 2. The van der Waals surface area contributed by atoms with Gasteiger partial charge in [-0.3, -0.25) is 0 Å². The summed E-state index contributed by atoms with van der Waals surface area (Å²) in [5.74, 6) is 0.709. The topological polar surface area (TPSA) is 50.9 Å². The molecule has 0 aliphatic rings. The summed E-state index contributed by atoms with van der Waals surface area (Å²) in [6.07, 6.45) is 1.81. The minimum atomic E-state index is 0.671. The van der Waals surface area contributed by atoms with Gasteiger partial charge in [-0.2, -0.15) is 0 Å². The van der Waals surface area contributed by atoms with E-state index in [2.05, 4.69) is 42.3 Å². The van der Waals surface area contributed by atoms with E-state index >= 15 is 0 Å². The van der Waals surface area contributed by atoms with E-state index < -0.39 is 0 Å². The van der Waals surface area contributed by atoms with E-state index in [4.69, 9.17) is 5.73 Å². The molecule has 0 fully saturated rings. The third-order valence-corrected chi connectivity index (χ3v) is 2.54. The summed E-state index contributed by atoms with van der Waals surface area (Å²) < 4.78 is 0. The molecular weight excluding hydrogens is 210 g/mol. The third-order valence-electron chi connectivity index (χ3n) is 2.54. The molecule has 1 aromatic carbocycles. The van der Waals surface area contributed by atoms with Crippen LogP contribution < -0.4 is 11.1 Å². The number of pyridine rings is 1. The van der Waals surface area contributed by atoms with Gasteiger partial charge in [0.2, 0.25) is 0 Å². The molecule has 0 unspecified atom stereocenters. The van der Waals surface area contributed by atoms with Crippen molar-refractivity contribution in [3.8, 4) is 0 Å². The number of nitrogens with two attached hydrogens (primary N) is 1. The first kappa shape index (κ1) is 11.5. The molecule has 0 amide bonds. The minimum absolute atomic E-state index is 0.671. The second kappa shape index (κ2) is 4.45. The standard InChI is InChI=1S/C14H17N3/c1-9-4-10(2)6-12(5-9)17-14-13(15)7-11(3)8-16-14/h4-8H,15H2,1-3H3,(H,16,17). The van der Waals surface area contributed by atoms with Crippen LogP contribution >= 0.6 is 0 Å². The van der Waals surface area contributed by atoms with Crippen LogP contribution in [-0.4, -0.2) is 4.98 Å². The van der Waals surface area contributed by atoms with E-state index in [-0.39, 0.29) is 0 Å². The van der Waals surface area contributed by atoms with Gasteiger partial charge < -0.3 is 11.1 Å². The van der Waals surface area contributed by atoms with Crippen LogP contribution in [0.2, 0.25) is 0 Å². The first-order chi connectivity index (χ1) is 8.04. The average molecular weight is 227 g/mol. The second-order valence-corrected chi connectivity index (χ2v) is 4.45. The summed E-state index contributed by atoms with van der Waals surface area (Å²) in [5, 5.41) is 3.24. The van der Waals surface area contributed by atoms with Crippen LogP contribution in [0.3, 0.4) is 0 Å². The van der Waals surface area contributed by atoms with Gasteiger partial charge in [-0.05, 0) is 55.7 Å². The Kier molecular flexibility index (Phi) is 3.00. The zero-order valence-electron chi connectivity index (χ0n) is 10.4. The maximum absolute atomic E-state index is 5.92. The fourth-order valence-electron chi connectivity index (χ4n) is 1.88. The Balaban J connectivity index is 2.31. The van der Waals surface area contributed by atoms with Crippen molar-refractivity contribution < 1.29 is 0 Å². The zero-order valence-corrected chi connectivity index (χ0v) is 10.4. The maximum Gasteiger partial charge on any atom is 0.153 e. The van der Waals surface area contributed by atoms with E-state index in [9.17, 15) is 0 Å². The van der Waals surface area contributed by atoms with Crippen molar-refractivity contribution in [2.75, 3.05) is 11.1 Å². The number of hydrogen-bond acceptors (Lipinski definition) is 3. The molecule has 17 heavy (non-hydrogen) atoms. The molecule has 2 rings (SSSR count). The summed E-state index contributed by atoms with van der Waals surface area (Å²) in [6.45, 7) is 6.12. The van der Waals surface area contributed by atoms with Crippen LogP contribution in [-0.2, 0) is 0 Å². The first-order valence-electron chi connectivity index (χ1n) is 5.62. The largest absolute Gasteiger partial charge is 0.396 e. The lowest BCUT2D eigenvalue weighted by Crippen LogP contribution is -2.00. The minimum Gasteiger partial charge on any atom is -0.396 e. The Labute approximate surface area is 102 Å². The van der Waals surface area contributed by atoms with Crippen molar-refractivity contribution in [2.45, 2.75) is 20.8 Å². The Hall–Kier alpha value is -2.03. The molecule has 0 saturated carbocycles. The van der Waals surface area contributed by atoms with Crippen molar-refractivity contribution >= 4 is 17.2 Å². The van der Waals surface area contributed by atoms with Gasteiger partial charge in [0, 0.05) is 11.9 Å². The molecule has 0 spiro atoms. The summed E-state index contributed by atoms with van der Waals surface area (Å²) >= 11 is 0. The number of nitrogens with zero attached hydrogens (tertiary/aromatic N) is 1. The van der Waals surface area contributed by atoms with Gasteiger partial charge in [-0.15, -0.1) is 0 Å². The van der Waals surface area contributed by atoms with Gasteiger partial charge in [-0.1, -0.05) is 6.07 Å². The molecule has 0 atom stereocenters. The highest BCUT2D eigenvalue weighted by atomic mass is 15.0. The molecule has 0 aliphatic heterocycles. The van der Waals surface area contributed by atoms with Gasteiger partial charge in [0.25, 0.3) is 0 Å². The molecule has 0 radical (unpaired) electrons. The van der Waals surface area contributed by atoms with Crippen LogP contribution in [0.5, 0.6) is 0 Å². The summed E-state index contributed by atoms with van der Waals surface area (Å²) in [6, 6.07) is 8.21. The summed E-state index contributed by atoms with van der Waals surface area (Å²) in [5.41, 5.74) is 11.1. The number of nitrogens with one attached hydrogen (secondary N) is 1. The van der Waals surface area contributed by atoms with E-state index in [0.717, 1.165) is 11.3 Å². The predicted octanol–water partition coefficient (Wildman–Crippen LogP) is 3.33. The van der Waals surface area contributed by atoms with Crippen molar-refractivity contribution in [1.82, 2.24) is 4.98 Å². The van der Waals surface area contributed by atoms with Gasteiger partial charge in [0.05, 0.1) is 5.69 Å². The lowest BCUT2D eigenvalue weighted by Gasteiger charge is -2.10. The number of aromatic nitrogens is 1. The normalized spacial score (nSPS) is 10.3. The molecule has 88 valence electrons.